The Labute approximate surface area is 106 Å². The largest absolute Gasteiger partial charge is 0.381 e. The van der Waals surface area contributed by atoms with Gasteiger partial charge < -0.3 is 4.74 Å². The zero-order valence-corrected chi connectivity index (χ0v) is 11.7. The van der Waals surface area contributed by atoms with Gasteiger partial charge in [-0.3, -0.25) is 0 Å². The SMILES string of the molecule is COC1CCN(S(=O)(=O)c2ccc(C)s2)CC1. The lowest BCUT2D eigenvalue weighted by atomic mass is 10.1. The molecule has 17 heavy (non-hydrogen) atoms. The third kappa shape index (κ3) is 2.70. The number of hydrogen-bond donors (Lipinski definition) is 0. The fourth-order valence-electron chi connectivity index (χ4n) is 1.99. The van der Waals surface area contributed by atoms with Crippen LogP contribution in [-0.2, 0) is 14.8 Å². The predicted octanol–water partition coefficient (Wildman–Crippen LogP) is 1.86. The normalized spacial score (nSPS) is 19.6. The highest BCUT2D eigenvalue weighted by atomic mass is 32.2. The molecule has 6 heteroatoms. The molecule has 0 unspecified atom stereocenters. The molecule has 0 aromatic carbocycles. The van der Waals surface area contributed by atoms with E-state index in [0.29, 0.717) is 17.3 Å². The van der Waals surface area contributed by atoms with Crippen molar-refractivity contribution in [3.8, 4) is 0 Å². The van der Waals surface area contributed by atoms with Crippen LogP contribution in [0.25, 0.3) is 0 Å². The second kappa shape index (κ2) is 5.06. The number of ether oxygens (including phenoxy) is 1. The molecule has 0 amide bonds. The summed E-state index contributed by atoms with van der Waals surface area (Å²) in [5.41, 5.74) is 0. The average Bonchev–Trinajstić information content (AvgIpc) is 2.77. The number of hydrogen-bond acceptors (Lipinski definition) is 4. The summed E-state index contributed by atoms with van der Waals surface area (Å²) in [7, 11) is -1.60. The Hall–Kier alpha value is -0.430. The maximum atomic E-state index is 12.3. The van der Waals surface area contributed by atoms with Crippen molar-refractivity contribution in [2.24, 2.45) is 0 Å². The van der Waals surface area contributed by atoms with Crippen LogP contribution >= 0.6 is 11.3 Å². The number of sulfonamides is 1. The monoisotopic (exact) mass is 275 g/mol. The van der Waals surface area contributed by atoms with Crippen LogP contribution in [-0.4, -0.2) is 39.0 Å². The molecule has 1 aliphatic rings. The Morgan fingerprint density at radius 2 is 2.00 bits per heavy atom. The molecule has 1 saturated heterocycles. The fourth-order valence-corrected chi connectivity index (χ4v) is 4.89. The quantitative estimate of drug-likeness (QED) is 0.846. The van der Waals surface area contributed by atoms with Gasteiger partial charge in [0.1, 0.15) is 4.21 Å². The lowest BCUT2D eigenvalue weighted by Gasteiger charge is -2.29. The molecular formula is C11H17NO3S2. The van der Waals surface area contributed by atoms with Gasteiger partial charge in [-0.2, -0.15) is 4.31 Å². The molecule has 2 rings (SSSR count). The molecule has 1 aromatic rings. The zero-order valence-electron chi connectivity index (χ0n) is 10.0. The number of piperidine rings is 1. The summed E-state index contributed by atoms with van der Waals surface area (Å²) in [5, 5.41) is 0. The number of nitrogens with zero attached hydrogens (tertiary/aromatic N) is 1. The molecule has 0 aliphatic carbocycles. The van der Waals surface area contributed by atoms with Gasteiger partial charge in [0.15, 0.2) is 0 Å². The minimum atomic E-state index is -3.28. The van der Waals surface area contributed by atoms with Crippen molar-refractivity contribution in [1.29, 1.82) is 0 Å². The number of methoxy groups -OCH3 is 1. The molecule has 1 aromatic heterocycles. The van der Waals surface area contributed by atoms with Crippen molar-refractivity contribution >= 4 is 21.4 Å². The van der Waals surface area contributed by atoms with E-state index in [1.165, 1.54) is 11.3 Å². The molecule has 0 bridgehead atoms. The molecule has 0 atom stereocenters. The molecule has 0 radical (unpaired) electrons. The van der Waals surface area contributed by atoms with Crippen LogP contribution in [0.1, 0.15) is 17.7 Å². The first-order chi connectivity index (χ1) is 8.04. The summed E-state index contributed by atoms with van der Waals surface area (Å²) in [6, 6.07) is 3.54. The van der Waals surface area contributed by atoms with Gasteiger partial charge in [0.25, 0.3) is 10.0 Å². The molecule has 96 valence electrons. The van der Waals surface area contributed by atoms with E-state index < -0.39 is 10.0 Å². The maximum Gasteiger partial charge on any atom is 0.252 e. The first-order valence-corrected chi connectivity index (χ1v) is 7.89. The molecule has 0 N–H and O–H groups in total. The van der Waals surface area contributed by atoms with Crippen molar-refractivity contribution in [2.75, 3.05) is 20.2 Å². The van der Waals surface area contributed by atoms with Crippen LogP contribution in [0, 0.1) is 6.92 Å². The van der Waals surface area contributed by atoms with Crippen LogP contribution < -0.4 is 0 Å². The fraction of sp³-hybridized carbons (Fsp3) is 0.636. The standard InChI is InChI=1S/C11H17NO3S2/c1-9-3-4-11(16-9)17(13,14)12-7-5-10(15-2)6-8-12/h3-4,10H,5-8H2,1-2H3. The molecular weight excluding hydrogens is 258 g/mol. The molecule has 1 fully saturated rings. The Bertz CT molecular complexity index is 473. The third-order valence-electron chi connectivity index (χ3n) is 3.04. The van der Waals surface area contributed by atoms with E-state index in [2.05, 4.69) is 0 Å². The van der Waals surface area contributed by atoms with Gasteiger partial charge in [-0.15, -0.1) is 11.3 Å². The van der Waals surface area contributed by atoms with E-state index >= 15 is 0 Å². The Kier molecular flexibility index (Phi) is 3.87. The van der Waals surface area contributed by atoms with E-state index in [1.54, 1.807) is 17.5 Å². The van der Waals surface area contributed by atoms with Crippen molar-refractivity contribution in [1.82, 2.24) is 4.31 Å². The van der Waals surface area contributed by atoms with E-state index in [9.17, 15) is 8.42 Å². The Morgan fingerprint density at radius 3 is 2.47 bits per heavy atom. The maximum absolute atomic E-state index is 12.3. The van der Waals surface area contributed by atoms with Gasteiger partial charge in [-0.05, 0) is 31.9 Å². The summed E-state index contributed by atoms with van der Waals surface area (Å²) < 4.78 is 31.8. The van der Waals surface area contributed by atoms with Crippen LogP contribution in [0.15, 0.2) is 16.3 Å². The van der Waals surface area contributed by atoms with Gasteiger partial charge in [0.05, 0.1) is 6.10 Å². The third-order valence-corrected chi connectivity index (χ3v) is 6.41. The highest BCUT2D eigenvalue weighted by Gasteiger charge is 2.30. The van der Waals surface area contributed by atoms with Crippen molar-refractivity contribution in [3.63, 3.8) is 0 Å². The highest BCUT2D eigenvalue weighted by Crippen LogP contribution is 2.26. The Balaban J connectivity index is 2.12. The number of rotatable bonds is 3. The lowest BCUT2D eigenvalue weighted by Crippen LogP contribution is -2.40. The average molecular weight is 275 g/mol. The minimum Gasteiger partial charge on any atom is -0.381 e. The van der Waals surface area contributed by atoms with Gasteiger partial charge in [0.2, 0.25) is 0 Å². The van der Waals surface area contributed by atoms with Crippen molar-refractivity contribution < 1.29 is 13.2 Å². The second-order valence-corrected chi connectivity index (χ2v) is 7.66. The summed E-state index contributed by atoms with van der Waals surface area (Å²) >= 11 is 1.33. The molecule has 1 aliphatic heterocycles. The van der Waals surface area contributed by atoms with Crippen LogP contribution in [0.3, 0.4) is 0 Å². The van der Waals surface area contributed by atoms with Crippen LogP contribution in [0.2, 0.25) is 0 Å². The van der Waals surface area contributed by atoms with Crippen LogP contribution in [0.4, 0.5) is 0 Å². The van der Waals surface area contributed by atoms with Gasteiger partial charge >= 0.3 is 0 Å². The second-order valence-electron chi connectivity index (χ2n) is 4.20. The number of thiophene rings is 1. The van der Waals surface area contributed by atoms with E-state index in [0.717, 1.165) is 17.7 Å². The lowest BCUT2D eigenvalue weighted by molar-refractivity contribution is 0.0605. The minimum absolute atomic E-state index is 0.200. The predicted molar refractivity (Wildman–Crippen MR) is 67.8 cm³/mol. The molecule has 2 heterocycles. The zero-order chi connectivity index (χ0) is 12.5. The highest BCUT2D eigenvalue weighted by molar-refractivity contribution is 7.91. The van der Waals surface area contributed by atoms with Gasteiger partial charge in [-0.25, -0.2) is 8.42 Å². The summed E-state index contributed by atoms with van der Waals surface area (Å²) in [6.07, 6.45) is 1.76. The first kappa shape index (κ1) is 13.0. The topological polar surface area (TPSA) is 46.6 Å². The van der Waals surface area contributed by atoms with Crippen LogP contribution in [0.5, 0.6) is 0 Å². The molecule has 0 spiro atoms. The van der Waals surface area contributed by atoms with E-state index in [-0.39, 0.29) is 6.10 Å². The Morgan fingerprint density at radius 1 is 1.35 bits per heavy atom. The first-order valence-electron chi connectivity index (χ1n) is 5.63. The summed E-state index contributed by atoms with van der Waals surface area (Å²) in [6.45, 7) is 3.02. The smallest absolute Gasteiger partial charge is 0.252 e. The van der Waals surface area contributed by atoms with Gasteiger partial charge in [0, 0.05) is 25.1 Å². The molecule has 0 saturated carbocycles. The summed E-state index contributed by atoms with van der Waals surface area (Å²) in [5.74, 6) is 0. The number of aryl methyl sites for hydroxylation is 1. The summed E-state index contributed by atoms with van der Waals surface area (Å²) in [4.78, 5) is 1.02. The van der Waals surface area contributed by atoms with Crippen molar-refractivity contribution in [2.45, 2.75) is 30.1 Å². The van der Waals surface area contributed by atoms with E-state index in [1.807, 2.05) is 13.0 Å². The van der Waals surface area contributed by atoms with Gasteiger partial charge in [-0.1, -0.05) is 0 Å². The van der Waals surface area contributed by atoms with E-state index in [4.69, 9.17) is 4.74 Å². The molecule has 4 nitrogen and oxygen atoms in total. The van der Waals surface area contributed by atoms with Crippen molar-refractivity contribution in [3.05, 3.63) is 17.0 Å².